The number of anilines is 1. The third kappa shape index (κ3) is 2.53. The lowest BCUT2D eigenvalue weighted by Crippen LogP contribution is -2.32. The minimum Gasteiger partial charge on any atom is -0.350 e. The molecule has 6 heteroatoms. The normalized spacial score (nSPS) is 19.9. The molecule has 0 atom stereocenters. The lowest BCUT2D eigenvalue weighted by atomic mass is 10.0. The van der Waals surface area contributed by atoms with Crippen molar-refractivity contribution >= 4 is 23.3 Å². The van der Waals surface area contributed by atoms with Crippen molar-refractivity contribution in [1.29, 1.82) is 0 Å². The van der Waals surface area contributed by atoms with E-state index < -0.39 is 0 Å². The Balaban J connectivity index is 1.66. The number of hydrazine groups is 1. The lowest BCUT2D eigenvalue weighted by molar-refractivity contribution is 0.0938. The Hall–Kier alpha value is -1.33. The van der Waals surface area contributed by atoms with Gasteiger partial charge in [-0.15, -0.1) is 0 Å². The summed E-state index contributed by atoms with van der Waals surface area (Å²) in [7, 11) is 0. The van der Waals surface area contributed by atoms with Gasteiger partial charge in [-0.2, -0.15) is 0 Å². The summed E-state index contributed by atoms with van der Waals surface area (Å²) in [6.07, 6.45) is 5.07. The predicted octanol–water partition coefficient (Wildman–Crippen LogP) is 1.94. The molecule has 4 N–H and O–H groups in total. The number of nitrogens with two attached hydrogens (primary N) is 1. The number of hydrogen-bond acceptors (Lipinski definition) is 4. The largest absolute Gasteiger partial charge is 0.350 e. The highest BCUT2D eigenvalue weighted by atomic mass is 35.5. The Morgan fingerprint density at radius 3 is 2.79 bits per heavy atom. The molecule has 19 heavy (non-hydrogen) atoms. The average molecular weight is 281 g/mol. The van der Waals surface area contributed by atoms with Crippen LogP contribution in [-0.2, 0) is 0 Å². The molecule has 5 nitrogen and oxygen atoms in total. The summed E-state index contributed by atoms with van der Waals surface area (Å²) >= 11 is 6.00. The van der Waals surface area contributed by atoms with Crippen LogP contribution in [0.25, 0.3) is 0 Å². The van der Waals surface area contributed by atoms with E-state index in [1.165, 1.54) is 25.7 Å². The maximum Gasteiger partial charge on any atom is 0.271 e. The van der Waals surface area contributed by atoms with Gasteiger partial charge in [0.1, 0.15) is 11.5 Å². The first-order chi connectivity index (χ1) is 9.14. The fraction of sp³-hybridized carbons (Fsp3) is 0.538. The van der Waals surface area contributed by atoms with Crippen LogP contribution in [0.15, 0.2) is 12.1 Å². The fourth-order valence-corrected chi connectivity index (χ4v) is 2.80. The van der Waals surface area contributed by atoms with Gasteiger partial charge in [-0.25, -0.2) is 10.8 Å². The zero-order chi connectivity index (χ0) is 13.5. The number of nitrogens with one attached hydrogen (secondary N) is 2. The van der Waals surface area contributed by atoms with E-state index in [4.69, 9.17) is 17.4 Å². The van der Waals surface area contributed by atoms with Crippen LogP contribution in [0.1, 0.15) is 36.2 Å². The van der Waals surface area contributed by atoms with Gasteiger partial charge < -0.3 is 10.7 Å². The molecular weight excluding hydrogens is 264 g/mol. The van der Waals surface area contributed by atoms with Crippen molar-refractivity contribution in [3.8, 4) is 0 Å². The number of hydrogen-bond donors (Lipinski definition) is 3. The highest BCUT2D eigenvalue weighted by Crippen LogP contribution is 2.60. The van der Waals surface area contributed by atoms with Crippen LogP contribution in [0.2, 0.25) is 5.02 Å². The summed E-state index contributed by atoms with van der Waals surface area (Å²) in [6, 6.07) is 3.25. The molecule has 0 saturated heterocycles. The van der Waals surface area contributed by atoms with Crippen LogP contribution >= 0.6 is 11.6 Å². The fourth-order valence-electron chi connectivity index (χ4n) is 2.61. The van der Waals surface area contributed by atoms with Crippen molar-refractivity contribution in [1.82, 2.24) is 10.3 Å². The van der Waals surface area contributed by atoms with Gasteiger partial charge >= 0.3 is 0 Å². The number of amides is 1. The zero-order valence-electron chi connectivity index (χ0n) is 10.6. The van der Waals surface area contributed by atoms with Crippen molar-refractivity contribution < 1.29 is 4.79 Å². The summed E-state index contributed by atoms with van der Waals surface area (Å²) in [5, 5.41) is 3.30. The SMILES string of the molecule is NNc1ccc(Cl)c(C(=O)NCC2(C3CC3)CC2)n1. The van der Waals surface area contributed by atoms with E-state index in [0.717, 1.165) is 12.5 Å². The molecule has 0 spiro atoms. The van der Waals surface area contributed by atoms with Crippen LogP contribution < -0.4 is 16.6 Å². The number of halogens is 1. The molecule has 102 valence electrons. The molecule has 0 bridgehead atoms. The zero-order valence-corrected chi connectivity index (χ0v) is 11.3. The molecule has 0 aromatic carbocycles. The van der Waals surface area contributed by atoms with Gasteiger partial charge in [0.15, 0.2) is 0 Å². The molecule has 2 fully saturated rings. The Labute approximate surface area is 116 Å². The third-order valence-electron chi connectivity index (χ3n) is 4.15. The number of nitrogen functional groups attached to an aromatic ring is 1. The molecule has 2 aliphatic rings. The Morgan fingerprint density at radius 2 is 2.21 bits per heavy atom. The molecule has 0 aliphatic heterocycles. The Kier molecular flexibility index (Phi) is 3.11. The number of carbonyl (C=O) groups is 1. The van der Waals surface area contributed by atoms with E-state index in [-0.39, 0.29) is 11.6 Å². The predicted molar refractivity (Wildman–Crippen MR) is 73.8 cm³/mol. The van der Waals surface area contributed by atoms with E-state index in [9.17, 15) is 4.79 Å². The highest BCUT2D eigenvalue weighted by molar-refractivity contribution is 6.33. The van der Waals surface area contributed by atoms with E-state index in [1.807, 2.05) is 0 Å². The Bertz CT molecular complexity index is 511. The molecular formula is C13H17ClN4O. The number of nitrogens with zero attached hydrogens (tertiary/aromatic N) is 1. The molecule has 2 aliphatic carbocycles. The topological polar surface area (TPSA) is 80.0 Å². The molecule has 3 rings (SSSR count). The van der Waals surface area contributed by atoms with E-state index in [1.54, 1.807) is 12.1 Å². The number of carbonyl (C=O) groups excluding carboxylic acids is 1. The molecule has 0 radical (unpaired) electrons. The van der Waals surface area contributed by atoms with E-state index in [0.29, 0.717) is 16.3 Å². The van der Waals surface area contributed by atoms with E-state index in [2.05, 4.69) is 15.7 Å². The maximum atomic E-state index is 12.1. The van der Waals surface area contributed by atoms with Gasteiger partial charge in [0, 0.05) is 6.54 Å². The molecule has 2 saturated carbocycles. The number of rotatable bonds is 5. The Morgan fingerprint density at radius 1 is 1.47 bits per heavy atom. The third-order valence-corrected chi connectivity index (χ3v) is 4.45. The van der Waals surface area contributed by atoms with Crippen LogP contribution in [0.4, 0.5) is 5.82 Å². The molecule has 0 unspecified atom stereocenters. The van der Waals surface area contributed by atoms with Gasteiger partial charge in [0.25, 0.3) is 5.91 Å². The second-order valence-corrected chi connectivity index (χ2v) is 5.90. The van der Waals surface area contributed by atoms with Gasteiger partial charge in [0.05, 0.1) is 5.02 Å². The monoisotopic (exact) mass is 280 g/mol. The lowest BCUT2D eigenvalue weighted by Gasteiger charge is -2.15. The second-order valence-electron chi connectivity index (χ2n) is 5.49. The van der Waals surface area contributed by atoms with Crippen molar-refractivity contribution in [2.45, 2.75) is 25.7 Å². The van der Waals surface area contributed by atoms with Crippen molar-refractivity contribution in [3.63, 3.8) is 0 Å². The quantitative estimate of drug-likeness (QED) is 0.569. The average Bonchev–Trinajstić information content (AvgIpc) is 3.28. The van der Waals surface area contributed by atoms with E-state index >= 15 is 0 Å². The summed E-state index contributed by atoms with van der Waals surface area (Å²) < 4.78 is 0. The van der Waals surface area contributed by atoms with Crippen LogP contribution in [0.3, 0.4) is 0 Å². The molecule has 1 amide bonds. The van der Waals surface area contributed by atoms with Crippen molar-refractivity contribution in [2.24, 2.45) is 17.2 Å². The summed E-state index contributed by atoms with van der Waals surface area (Å²) in [5.74, 6) is 6.30. The molecule has 1 aromatic rings. The highest BCUT2D eigenvalue weighted by Gasteiger charge is 2.53. The minimum absolute atomic E-state index is 0.226. The van der Waals surface area contributed by atoms with Gasteiger partial charge in [-0.3, -0.25) is 4.79 Å². The van der Waals surface area contributed by atoms with Gasteiger partial charge in [-0.1, -0.05) is 11.6 Å². The summed E-state index contributed by atoms with van der Waals surface area (Å²) in [4.78, 5) is 16.2. The first kappa shape index (κ1) is 12.7. The first-order valence-corrected chi connectivity index (χ1v) is 6.94. The van der Waals surface area contributed by atoms with Crippen LogP contribution in [-0.4, -0.2) is 17.4 Å². The molecule has 1 aromatic heterocycles. The van der Waals surface area contributed by atoms with Crippen molar-refractivity contribution in [2.75, 3.05) is 12.0 Å². The number of pyridine rings is 1. The molecule has 1 heterocycles. The summed E-state index contributed by atoms with van der Waals surface area (Å²) in [5.41, 5.74) is 3.01. The maximum absolute atomic E-state index is 12.1. The smallest absolute Gasteiger partial charge is 0.271 e. The van der Waals surface area contributed by atoms with Gasteiger partial charge in [-0.05, 0) is 49.1 Å². The summed E-state index contributed by atoms with van der Waals surface area (Å²) in [6.45, 7) is 0.731. The number of aromatic nitrogens is 1. The first-order valence-electron chi connectivity index (χ1n) is 6.56. The minimum atomic E-state index is -0.228. The van der Waals surface area contributed by atoms with Crippen LogP contribution in [0.5, 0.6) is 0 Å². The second kappa shape index (κ2) is 4.65. The van der Waals surface area contributed by atoms with Crippen molar-refractivity contribution in [3.05, 3.63) is 22.8 Å². The standard InChI is InChI=1S/C13H17ClN4O/c14-9-3-4-10(18-15)17-11(9)12(19)16-7-13(5-6-13)8-1-2-8/h3-4,8H,1-2,5-7,15H2,(H,16,19)(H,17,18). The van der Waals surface area contributed by atoms with Gasteiger partial charge in [0.2, 0.25) is 0 Å². The van der Waals surface area contributed by atoms with Crippen LogP contribution in [0, 0.1) is 11.3 Å².